The highest BCUT2D eigenvalue weighted by molar-refractivity contribution is 7.91. The monoisotopic (exact) mass is 825 g/mol. The number of hydrogen-bond acceptors (Lipinski definition) is 10. The molecule has 8 rings (SSSR count). The third kappa shape index (κ3) is 8.82. The summed E-state index contributed by atoms with van der Waals surface area (Å²) in [6, 6.07) is 13.8. The lowest BCUT2D eigenvalue weighted by atomic mass is 10.0. The van der Waals surface area contributed by atoms with E-state index in [4.69, 9.17) is 14.9 Å². The summed E-state index contributed by atoms with van der Waals surface area (Å²) in [7, 11) is -3.91. The molecule has 0 bridgehead atoms. The number of carbonyl (C=O) groups is 5. The fourth-order valence-electron chi connectivity index (χ4n) is 8.64. The van der Waals surface area contributed by atoms with Crippen LogP contribution in [0, 0.1) is 5.92 Å². The highest BCUT2D eigenvalue weighted by Gasteiger charge is 2.62. The predicted octanol–water partition coefficient (Wildman–Crippen LogP) is 5.00. The van der Waals surface area contributed by atoms with Crippen LogP contribution in [-0.4, -0.2) is 93.4 Å². The number of sulfonamides is 1. The van der Waals surface area contributed by atoms with Crippen LogP contribution >= 0.6 is 0 Å². The van der Waals surface area contributed by atoms with Gasteiger partial charge in [0.1, 0.15) is 35.1 Å². The van der Waals surface area contributed by atoms with Gasteiger partial charge in [-0.25, -0.2) is 13.2 Å². The number of rotatable bonds is 9. The van der Waals surface area contributed by atoms with Crippen molar-refractivity contribution in [1.29, 1.82) is 0 Å². The molecule has 3 aliphatic carbocycles. The summed E-state index contributed by atoms with van der Waals surface area (Å²) in [6.45, 7) is 1.49. The van der Waals surface area contributed by atoms with Crippen molar-refractivity contribution in [3.05, 3.63) is 72.3 Å². The van der Waals surface area contributed by atoms with E-state index in [1.165, 1.54) is 16.6 Å². The fraction of sp³-hybridized carbons (Fsp3) is 0.512. The molecule has 0 unspecified atom stereocenters. The lowest BCUT2D eigenvalue weighted by molar-refractivity contribution is -0.141. The summed E-state index contributed by atoms with van der Waals surface area (Å²) in [6.07, 6.45) is 10.8. The van der Waals surface area contributed by atoms with E-state index in [0.717, 1.165) is 44.1 Å². The normalized spacial score (nSPS) is 27.0. The first-order valence-electron chi connectivity index (χ1n) is 20.9. The molecular formula is C43H51N7O8S. The first kappa shape index (κ1) is 40.4. The number of alkyl carbamates (subject to hydrolysis) is 1. The molecule has 0 radical (unpaired) electrons. The minimum atomic E-state index is -3.91. The van der Waals surface area contributed by atoms with Gasteiger partial charge in [0.05, 0.1) is 11.3 Å². The quantitative estimate of drug-likeness (QED) is 0.195. The van der Waals surface area contributed by atoms with E-state index in [-0.39, 0.29) is 31.3 Å². The molecule has 4 fully saturated rings. The first-order valence-corrected chi connectivity index (χ1v) is 22.4. The average molecular weight is 826 g/mol. The Hall–Kier alpha value is -5.38. The molecule has 5 aliphatic rings. The van der Waals surface area contributed by atoms with Crippen LogP contribution in [0.3, 0.4) is 0 Å². The molecule has 1 saturated heterocycles. The number of allylic oxidation sites excluding steroid dienone is 1. The van der Waals surface area contributed by atoms with Crippen molar-refractivity contribution in [2.45, 2.75) is 125 Å². The summed E-state index contributed by atoms with van der Waals surface area (Å²) in [5.41, 5.74) is 1.47. The molecule has 59 heavy (non-hydrogen) atoms. The number of nitrogens with one attached hydrogen (secondary N) is 3. The minimum Gasteiger partial charge on any atom is -0.446 e. The van der Waals surface area contributed by atoms with Crippen LogP contribution in [0.5, 0.6) is 0 Å². The van der Waals surface area contributed by atoms with E-state index < -0.39 is 68.7 Å². The standard InChI is InChI=1S/C43H51N7O8S/c1-27(51)29-15-12-16-30(23-29)38-37(28-13-6-5-7-14-28)46-50(47-38)32-24-36-39(52)45-43(41(54)48-59(56,57)34-21-22-34)25-31(43)17-8-3-2-4-9-20-35(40(53)49(36)26-32)44-42(55)58-33-18-10-11-19-33/h5-8,12-17,23,31-36H,2-4,9-11,18-22,24-26H2,1H3,(H,44,55)(H,45,52)(H,48,54)/b17-8+/t31-,32-,35-,36+,43-/m1/s1. The molecular weight excluding hydrogens is 775 g/mol. The molecule has 2 aromatic carbocycles. The van der Waals surface area contributed by atoms with Crippen LogP contribution in [-0.2, 0) is 29.1 Å². The zero-order valence-electron chi connectivity index (χ0n) is 33.2. The SMILES string of the molecule is CC(=O)c1cccc(-c2nn([C@@H]3C[C@H]4C(=O)N[C@]5(C(=O)NS(=O)(=O)C6CC6)C[C@H]5/C=C/CCCCC[C@@H](NC(=O)OC5CCCC5)C(=O)N4C3)nc2-c2ccccc2)c1. The van der Waals surface area contributed by atoms with Gasteiger partial charge in [0.25, 0.3) is 5.91 Å². The van der Waals surface area contributed by atoms with Crippen molar-refractivity contribution in [2.75, 3.05) is 6.54 Å². The molecule has 3 aromatic rings. The topological polar surface area (TPSA) is 199 Å². The van der Waals surface area contributed by atoms with Crippen molar-refractivity contribution in [1.82, 2.24) is 35.2 Å². The van der Waals surface area contributed by atoms with E-state index in [2.05, 4.69) is 15.4 Å². The van der Waals surface area contributed by atoms with E-state index in [1.807, 2.05) is 48.6 Å². The van der Waals surface area contributed by atoms with Gasteiger partial charge in [0.2, 0.25) is 21.8 Å². The number of Topliss-reactive ketones (excluding diaryl/α,β-unsaturated/α-hetero) is 1. The number of nitrogens with zero attached hydrogens (tertiary/aromatic N) is 4. The molecule has 3 heterocycles. The Kier molecular flexibility index (Phi) is 11.4. The minimum absolute atomic E-state index is 0.00119. The van der Waals surface area contributed by atoms with Gasteiger partial charge in [-0.15, -0.1) is 0 Å². The van der Waals surface area contributed by atoms with Crippen LogP contribution in [0.1, 0.15) is 107 Å². The van der Waals surface area contributed by atoms with Crippen molar-refractivity contribution in [2.24, 2.45) is 5.92 Å². The lowest BCUT2D eigenvalue weighted by Crippen LogP contribution is -2.58. The predicted molar refractivity (Wildman–Crippen MR) is 217 cm³/mol. The number of fused-ring (bicyclic) bond motifs is 2. The maximum Gasteiger partial charge on any atom is 0.408 e. The Morgan fingerprint density at radius 1 is 0.881 bits per heavy atom. The van der Waals surface area contributed by atoms with Crippen LogP contribution in [0.15, 0.2) is 66.7 Å². The van der Waals surface area contributed by atoms with E-state index in [0.29, 0.717) is 54.6 Å². The smallest absolute Gasteiger partial charge is 0.408 e. The van der Waals surface area contributed by atoms with Crippen LogP contribution in [0.4, 0.5) is 4.79 Å². The van der Waals surface area contributed by atoms with E-state index in [9.17, 15) is 32.4 Å². The Morgan fingerprint density at radius 2 is 1.59 bits per heavy atom. The Labute approximate surface area is 343 Å². The molecule has 16 heteroatoms. The number of amides is 4. The van der Waals surface area contributed by atoms with Crippen molar-refractivity contribution in [3.63, 3.8) is 0 Å². The Bertz CT molecular complexity index is 2250. The number of hydrogen-bond donors (Lipinski definition) is 3. The molecule has 4 amide bonds. The Morgan fingerprint density at radius 3 is 2.32 bits per heavy atom. The summed E-state index contributed by atoms with van der Waals surface area (Å²) in [5.74, 6) is -2.44. The van der Waals surface area contributed by atoms with Gasteiger partial charge in [-0.1, -0.05) is 73.5 Å². The van der Waals surface area contributed by atoms with Gasteiger partial charge in [0.15, 0.2) is 5.78 Å². The van der Waals surface area contributed by atoms with Gasteiger partial charge < -0.3 is 20.3 Å². The highest BCUT2D eigenvalue weighted by atomic mass is 32.2. The number of benzene rings is 2. The molecule has 312 valence electrons. The summed E-state index contributed by atoms with van der Waals surface area (Å²) in [4.78, 5) is 71.8. The Balaban J connectivity index is 1.14. The molecule has 3 N–H and O–H groups in total. The van der Waals surface area contributed by atoms with Crippen molar-refractivity contribution < 1.29 is 37.1 Å². The van der Waals surface area contributed by atoms with Gasteiger partial charge in [-0.2, -0.15) is 15.0 Å². The molecule has 3 saturated carbocycles. The fourth-order valence-corrected chi connectivity index (χ4v) is 10.00. The summed E-state index contributed by atoms with van der Waals surface area (Å²) >= 11 is 0. The molecule has 0 spiro atoms. The summed E-state index contributed by atoms with van der Waals surface area (Å²) < 4.78 is 33.8. The lowest BCUT2D eigenvalue weighted by Gasteiger charge is -2.30. The van der Waals surface area contributed by atoms with Gasteiger partial charge >= 0.3 is 6.09 Å². The van der Waals surface area contributed by atoms with Gasteiger partial charge in [-0.3, -0.25) is 23.9 Å². The number of ketones is 1. The van der Waals surface area contributed by atoms with Crippen molar-refractivity contribution >= 4 is 39.6 Å². The van der Waals surface area contributed by atoms with Gasteiger partial charge in [-0.05, 0) is 77.2 Å². The highest BCUT2D eigenvalue weighted by Crippen LogP contribution is 2.46. The third-order valence-corrected chi connectivity index (χ3v) is 14.1. The number of ether oxygens (including phenoxy) is 1. The second-order valence-electron chi connectivity index (χ2n) is 16.6. The second kappa shape index (κ2) is 16.7. The number of aromatic nitrogens is 3. The van der Waals surface area contributed by atoms with Crippen LogP contribution < -0.4 is 15.4 Å². The van der Waals surface area contributed by atoms with Crippen LogP contribution in [0.2, 0.25) is 0 Å². The first-order chi connectivity index (χ1) is 28.4. The molecule has 2 aliphatic heterocycles. The maximum atomic E-state index is 14.8. The zero-order chi connectivity index (χ0) is 41.3. The largest absolute Gasteiger partial charge is 0.446 e. The van der Waals surface area contributed by atoms with E-state index in [1.54, 1.807) is 18.2 Å². The van der Waals surface area contributed by atoms with Crippen LogP contribution in [0.25, 0.3) is 22.5 Å². The molecule has 15 nitrogen and oxygen atoms in total. The maximum absolute atomic E-state index is 14.8. The zero-order valence-corrected chi connectivity index (χ0v) is 34.0. The second-order valence-corrected chi connectivity index (χ2v) is 18.6. The average Bonchev–Trinajstić information content (AvgIpc) is 3.99. The molecule has 5 atom stereocenters. The van der Waals surface area contributed by atoms with Gasteiger partial charge in [0, 0.05) is 35.6 Å². The van der Waals surface area contributed by atoms with E-state index >= 15 is 0 Å². The number of carbonyl (C=O) groups excluding carboxylic acids is 5. The molecule has 1 aromatic heterocycles. The summed E-state index contributed by atoms with van der Waals surface area (Å²) in [5, 5.41) is 15.0. The third-order valence-electron chi connectivity index (χ3n) is 12.3. The van der Waals surface area contributed by atoms with Crippen molar-refractivity contribution in [3.8, 4) is 22.5 Å².